The first kappa shape index (κ1) is 21.3. The molecular formula is C21H25N5O4S. The lowest BCUT2D eigenvalue weighted by Crippen LogP contribution is -2.36. The normalized spacial score (nSPS) is 14.5. The highest BCUT2D eigenvalue weighted by molar-refractivity contribution is 7.92. The summed E-state index contributed by atoms with van der Waals surface area (Å²) in [6, 6.07) is 14.0. The Labute approximate surface area is 181 Å². The Hall–Kier alpha value is -2.95. The van der Waals surface area contributed by atoms with E-state index >= 15 is 0 Å². The minimum atomic E-state index is -3.78. The van der Waals surface area contributed by atoms with Gasteiger partial charge in [0.2, 0.25) is 0 Å². The van der Waals surface area contributed by atoms with Crippen molar-refractivity contribution in [3.63, 3.8) is 0 Å². The molecule has 3 aromatic rings. The molecule has 1 saturated heterocycles. The van der Waals surface area contributed by atoms with Crippen molar-refractivity contribution in [3.05, 3.63) is 60.4 Å². The van der Waals surface area contributed by atoms with Gasteiger partial charge in [-0.1, -0.05) is 17.3 Å². The number of morpholine rings is 1. The lowest BCUT2D eigenvalue weighted by Gasteiger charge is -2.29. The van der Waals surface area contributed by atoms with E-state index < -0.39 is 10.0 Å². The van der Waals surface area contributed by atoms with Crippen LogP contribution in [0.3, 0.4) is 0 Å². The van der Waals surface area contributed by atoms with E-state index in [0.29, 0.717) is 43.5 Å². The molecular weight excluding hydrogens is 418 g/mol. The molecule has 0 spiro atoms. The van der Waals surface area contributed by atoms with E-state index in [9.17, 15) is 8.42 Å². The lowest BCUT2D eigenvalue weighted by molar-refractivity contribution is 0.122. The first-order chi connectivity index (χ1) is 15.0. The predicted octanol–water partition coefficient (Wildman–Crippen LogP) is 2.44. The van der Waals surface area contributed by atoms with E-state index in [4.69, 9.17) is 9.47 Å². The Balaban J connectivity index is 1.53. The highest BCUT2D eigenvalue weighted by atomic mass is 32.2. The van der Waals surface area contributed by atoms with Crippen LogP contribution in [0, 0.1) is 0 Å². The summed E-state index contributed by atoms with van der Waals surface area (Å²) in [6.07, 6.45) is 1.72. The molecule has 4 rings (SSSR count). The molecule has 9 nitrogen and oxygen atoms in total. The highest BCUT2D eigenvalue weighted by Gasteiger charge is 2.17. The zero-order valence-corrected chi connectivity index (χ0v) is 18.1. The van der Waals surface area contributed by atoms with Crippen molar-refractivity contribution in [2.45, 2.75) is 18.4 Å². The number of rotatable bonds is 8. The van der Waals surface area contributed by atoms with Crippen molar-refractivity contribution in [2.24, 2.45) is 0 Å². The Morgan fingerprint density at radius 1 is 1.10 bits per heavy atom. The molecule has 31 heavy (non-hydrogen) atoms. The molecule has 0 amide bonds. The standard InChI is InChI=1S/C21H25N5O4S/c1-2-29-16-18-15-26(24-22-18)20-7-4-8-21(14-20)31(27,28)23-17-5-3-6-19(13-17)25-9-11-30-12-10-25/h3-8,13-15,23H,2,9-12,16H2,1H3. The van der Waals surface area contributed by atoms with Crippen LogP contribution in [0.5, 0.6) is 0 Å². The molecule has 1 aromatic heterocycles. The molecule has 1 fully saturated rings. The van der Waals surface area contributed by atoms with Crippen LogP contribution in [0.2, 0.25) is 0 Å². The third-order valence-corrected chi connectivity index (χ3v) is 6.24. The van der Waals surface area contributed by atoms with E-state index in [2.05, 4.69) is 19.9 Å². The van der Waals surface area contributed by atoms with Crippen LogP contribution >= 0.6 is 0 Å². The monoisotopic (exact) mass is 443 g/mol. The number of nitrogens with one attached hydrogen (secondary N) is 1. The number of aromatic nitrogens is 3. The van der Waals surface area contributed by atoms with Gasteiger partial charge in [-0.3, -0.25) is 4.72 Å². The topological polar surface area (TPSA) is 98.6 Å². The summed E-state index contributed by atoms with van der Waals surface area (Å²) in [5, 5.41) is 8.12. The van der Waals surface area contributed by atoms with Gasteiger partial charge >= 0.3 is 0 Å². The fraction of sp³-hybridized carbons (Fsp3) is 0.333. The number of nitrogens with zero attached hydrogens (tertiary/aromatic N) is 4. The molecule has 2 aromatic carbocycles. The van der Waals surface area contributed by atoms with Gasteiger partial charge in [0.15, 0.2) is 0 Å². The summed E-state index contributed by atoms with van der Waals surface area (Å²) >= 11 is 0. The molecule has 164 valence electrons. The van der Waals surface area contributed by atoms with Crippen LogP contribution in [-0.4, -0.2) is 56.3 Å². The average molecular weight is 444 g/mol. The van der Waals surface area contributed by atoms with E-state index in [1.807, 2.05) is 25.1 Å². The molecule has 1 aliphatic rings. The van der Waals surface area contributed by atoms with Crippen molar-refractivity contribution in [3.8, 4) is 5.69 Å². The van der Waals surface area contributed by atoms with Gasteiger partial charge in [0, 0.05) is 25.4 Å². The van der Waals surface area contributed by atoms with E-state index in [1.165, 1.54) is 4.68 Å². The number of anilines is 2. The molecule has 0 radical (unpaired) electrons. The van der Waals surface area contributed by atoms with Gasteiger partial charge < -0.3 is 14.4 Å². The number of sulfonamides is 1. The van der Waals surface area contributed by atoms with E-state index in [-0.39, 0.29) is 4.90 Å². The maximum Gasteiger partial charge on any atom is 0.261 e. The van der Waals surface area contributed by atoms with Gasteiger partial charge in [-0.2, -0.15) is 0 Å². The van der Waals surface area contributed by atoms with Crippen LogP contribution in [-0.2, 0) is 26.1 Å². The summed E-state index contributed by atoms with van der Waals surface area (Å²) in [4.78, 5) is 2.32. The number of benzene rings is 2. The van der Waals surface area contributed by atoms with Crippen LogP contribution in [0.15, 0.2) is 59.6 Å². The maximum atomic E-state index is 13.0. The molecule has 0 saturated carbocycles. The fourth-order valence-electron chi connectivity index (χ4n) is 3.29. The molecule has 2 heterocycles. The second-order valence-electron chi connectivity index (χ2n) is 7.04. The minimum Gasteiger partial charge on any atom is -0.378 e. The Morgan fingerprint density at radius 2 is 1.87 bits per heavy atom. The molecule has 0 atom stereocenters. The zero-order valence-electron chi connectivity index (χ0n) is 17.3. The van der Waals surface area contributed by atoms with Crippen molar-refractivity contribution in [1.82, 2.24) is 15.0 Å². The second-order valence-corrected chi connectivity index (χ2v) is 8.73. The summed E-state index contributed by atoms with van der Waals surface area (Å²) < 4.78 is 40.9. The molecule has 0 aliphatic carbocycles. The summed E-state index contributed by atoms with van der Waals surface area (Å²) in [6.45, 7) is 5.73. The minimum absolute atomic E-state index is 0.142. The highest BCUT2D eigenvalue weighted by Crippen LogP contribution is 2.23. The summed E-state index contributed by atoms with van der Waals surface area (Å²) in [5.74, 6) is 0. The van der Waals surface area contributed by atoms with E-state index in [0.717, 1.165) is 18.8 Å². The maximum absolute atomic E-state index is 13.0. The largest absolute Gasteiger partial charge is 0.378 e. The van der Waals surface area contributed by atoms with Crippen molar-refractivity contribution < 1.29 is 17.9 Å². The number of ether oxygens (including phenoxy) is 2. The first-order valence-electron chi connectivity index (χ1n) is 10.1. The van der Waals surface area contributed by atoms with Gasteiger partial charge in [-0.25, -0.2) is 13.1 Å². The van der Waals surface area contributed by atoms with Gasteiger partial charge in [0.05, 0.1) is 42.3 Å². The SMILES string of the molecule is CCOCc1cn(-c2cccc(S(=O)(=O)Nc3cccc(N4CCOCC4)c3)c2)nn1. The Morgan fingerprint density at radius 3 is 2.68 bits per heavy atom. The average Bonchev–Trinajstić information content (AvgIpc) is 3.27. The molecule has 0 bridgehead atoms. The smallest absolute Gasteiger partial charge is 0.261 e. The first-order valence-corrected chi connectivity index (χ1v) is 11.6. The second kappa shape index (κ2) is 9.46. The zero-order chi connectivity index (χ0) is 21.7. The van der Waals surface area contributed by atoms with Gasteiger partial charge in [-0.05, 0) is 43.3 Å². The number of hydrogen-bond acceptors (Lipinski definition) is 7. The van der Waals surface area contributed by atoms with Crippen molar-refractivity contribution in [2.75, 3.05) is 42.5 Å². The molecule has 10 heteroatoms. The van der Waals surface area contributed by atoms with Crippen molar-refractivity contribution >= 4 is 21.4 Å². The van der Waals surface area contributed by atoms with Crippen molar-refractivity contribution in [1.29, 1.82) is 0 Å². The van der Waals surface area contributed by atoms with Gasteiger partial charge in [-0.15, -0.1) is 5.10 Å². The molecule has 0 unspecified atom stereocenters. The summed E-state index contributed by atoms with van der Waals surface area (Å²) in [5.41, 5.74) is 2.74. The van der Waals surface area contributed by atoms with Crippen LogP contribution in [0.1, 0.15) is 12.6 Å². The predicted molar refractivity (Wildman–Crippen MR) is 117 cm³/mol. The summed E-state index contributed by atoms with van der Waals surface area (Å²) in [7, 11) is -3.78. The van der Waals surface area contributed by atoms with Crippen LogP contribution in [0.25, 0.3) is 5.69 Å². The third-order valence-electron chi connectivity index (χ3n) is 4.86. The van der Waals surface area contributed by atoms with E-state index in [1.54, 1.807) is 36.5 Å². The molecule has 1 N–H and O–H groups in total. The number of hydrogen-bond donors (Lipinski definition) is 1. The third kappa shape index (κ3) is 5.22. The lowest BCUT2D eigenvalue weighted by atomic mass is 10.2. The van der Waals surface area contributed by atoms with Gasteiger partial charge in [0.1, 0.15) is 5.69 Å². The Bertz CT molecular complexity index is 1130. The quantitative estimate of drug-likeness (QED) is 0.571. The molecule has 1 aliphatic heterocycles. The van der Waals surface area contributed by atoms with Crippen LogP contribution in [0.4, 0.5) is 11.4 Å². The Kier molecular flexibility index (Phi) is 6.50. The van der Waals surface area contributed by atoms with Gasteiger partial charge in [0.25, 0.3) is 10.0 Å². The van der Waals surface area contributed by atoms with Crippen LogP contribution < -0.4 is 9.62 Å². The fourth-order valence-corrected chi connectivity index (χ4v) is 4.38.